The summed E-state index contributed by atoms with van der Waals surface area (Å²) in [5, 5.41) is 0. The smallest absolute Gasteiger partial charge is 0.122 e. The van der Waals surface area contributed by atoms with E-state index in [1.54, 1.807) is 0 Å². The summed E-state index contributed by atoms with van der Waals surface area (Å²) in [6.07, 6.45) is 2.30. The molecule has 2 rings (SSSR count). The van der Waals surface area contributed by atoms with Gasteiger partial charge in [-0.3, -0.25) is 0 Å². The molecule has 0 saturated carbocycles. The molecule has 1 aliphatic heterocycles. The van der Waals surface area contributed by atoms with E-state index in [2.05, 4.69) is 45.9 Å². The molecule has 1 aliphatic rings. The molecule has 1 aromatic rings. The fourth-order valence-electron chi connectivity index (χ4n) is 2.83. The van der Waals surface area contributed by atoms with E-state index in [4.69, 9.17) is 10.5 Å². The summed E-state index contributed by atoms with van der Waals surface area (Å²) in [7, 11) is 0. The van der Waals surface area contributed by atoms with Crippen LogP contribution >= 0.6 is 0 Å². The lowest BCUT2D eigenvalue weighted by Crippen LogP contribution is -2.20. The topological polar surface area (TPSA) is 35.2 Å². The molecule has 0 fully saturated rings. The minimum Gasteiger partial charge on any atom is -0.493 e. The van der Waals surface area contributed by atoms with Crippen LogP contribution in [-0.4, -0.2) is 13.2 Å². The van der Waals surface area contributed by atoms with E-state index in [1.165, 1.54) is 17.5 Å². The van der Waals surface area contributed by atoms with E-state index in [-0.39, 0.29) is 5.41 Å². The molecule has 0 spiro atoms. The molecule has 0 aliphatic carbocycles. The summed E-state index contributed by atoms with van der Waals surface area (Å²) >= 11 is 0. The van der Waals surface area contributed by atoms with Crippen LogP contribution < -0.4 is 10.5 Å². The second-order valence-corrected chi connectivity index (χ2v) is 6.81. The van der Waals surface area contributed by atoms with Crippen LogP contribution in [0.4, 0.5) is 0 Å². The Morgan fingerprint density at radius 1 is 1.37 bits per heavy atom. The van der Waals surface area contributed by atoms with E-state index in [1.807, 2.05) is 0 Å². The van der Waals surface area contributed by atoms with Crippen molar-refractivity contribution in [1.82, 2.24) is 0 Å². The lowest BCUT2D eigenvalue weighted by atomic mass is 9.80. The van der Waals surface area contributed by atoms with Crippen LogP contribution in [0.5, 0.6) is 5.75 Å². The summed E-state index contributed by atoms with van der Waals surface area (Å²) in [6.45, 7) is 10.6. The van der Waals surface area contributed by atoms with Crippen LogP contribution in [0.1, 0.15) is 57.6 Å². The first kappa shape index (κ1) is 14.4. The van der Waals surface area contributed by atoms with Gasteiger partial charge in [-0.05, 0) is 53.8 Å². The number of benzene rings is 1. The van der Waals surface area contributed by atoms with Crippen LogP contribution in [-0.2, 0) is 5.41 Å². The van der Waals surface area contributed by atoms with E-state index in [0.717, 1.165) is 25.3 Å². The molecule has 1 heterocycles. The molecular formula is C17H27NO. The minimum absolute atomic E-state index is 0.178. The van der Waals surface area contributed by atoms with Gasteiger partial charge in [-0.1, -0.05) is 39.8 Å². The summed E-state index contributed by atoms with van der Waals surface area (Å²) in [6, 6.07) is 6.70. The molecule has 0 amide bonds. The zero-order chi connectivity index (χ0) is 14.0. The van der Waals surface area contributed by atoms with E-state index >= 15 is 0 Å². The van der Waals surface area contributed by atoms with Crippen LogP contribution in [0.3, 0.4) is 0 Å². The van der Waals surface area contributed by atoms with Crippen molar-refractivity contribution in [3.8, 4) is 5.75 Å². The van der Waals surface area contributed by atoms with Gasteiger partial charge in [0.15, 0.2) is 0 Å². The van der Waals surface area contributed by atoms with Gasteiger partial charge in [0.25, 0.3) is 0 Å². The van der Waals surface area contributed by atoms with Crippen molar-refractivity contribution in [1.29, 1.82) is 0 Å². The number of rotatable bonds is 2. The number of hydrogen-bond donors (Lipinski definition) is 1. The Kier molecular flexibility index (Phi) is 4.19. The molecular weight excluding hydrogens is 234 g/mol. The lowest BCUT2D eigenvalue weighted by molar-refractivity contribution is 0.314. The first-order valence-corrected chi connectivity index (χ1v) is 7.40. The number of nitrogens with two attached hydrogens (primary N) is 1. The van der Waals surface area contributed by atoms with Gasteiger partial charge in [-0.2, -0.15) is 0 Å². The Morgan fingerprint density at radius 3 is 2.74 bits per heavy atom. The van der Waals surface area contributed by atoms with Crippen molar-refractivity contribution in [2.45, 2.75) is 51.9 Å². The van der Waals surface area contributed by atoms with Gasteiger partial charge in [0.05, 0.1) is 6.61 Å². The van der Waals surface area contributed by atoms with Gasteiger partial charge in [-0.25, -0.2) is 0 Å². The average Bonchev–Trinajstić information content (AvgIpc) is 2.58. The molecule has 1 aromatic carbocycles. The first-order valence-electron chi connectivity index (χ1n) is 7.40. The summed E-state index contributed by atoms with van der Waals surface area (Å²) in [4.78, 5) is 0. The molecule has 2 nitrogen and oxygen atoms in total. The third-order valence-corrected chi connectivity index (χ3v) is 4.25. The zero-order valence-electron chi connectivity index (χ0n) is 12.7. The molecule has 19 heavy (non-hydrogen) atoms. The molecule has 0 aromatic heterocycles. The van der Waals surface area contributed by atoms with Gasteiger partial charge in [-0.15, -0.1) is 0 Å². The fraction of sp³-hybridized carbons (Fsp3) is 0.647. The second-order valence-electron chi connectivity index (χ2n) is 6.81. The largest absolute Gasteiger partial charge is 0.493 e. The van der Waals surface area contributed by atoms with E-state index < -0.39 is 0 Å². The maximum absolute atomic E-state index is 5.90. The summed E-state index contributed by atoms with van der Waals surface area (Å²) in [5.41, 5.74) is 8.82. The number of hydrogen-bond acceptors (Lipinski definition) is 2. The van der Waals surface area contributed by atoms with Crippen molar-refractivity contribution >= 4 is 0 Å². The Morgan fingerprint density at radius 2 is 2.11 bits per heavy atom. The summed E-state index contributed by atoms with van der Waals surface area (Å²) in [5.74, 6) is 2.11. The Labute approximate surface area is 117 Å². The molecule has 2 heteroatoms. The van der Waals surface area contributed by atoms with Gasteiger partial charge in [0, 0.05) is 0 Å². The Bertz CT molecular complexity index is 433. The predicted molar refractivity (Wildman–Crippen MR) is 80.8 cm³/mol. The van der Waals surface area contributed by atoms with E-state index in [9.17, 15) is 0 Å². The molecule has 106 valence electrons. The first-order chi connectivity index (χ1) is 8.93. The highest BCUT2D eigenvalue weighted by Crippen LogP contribution is 2.39. The molecule has 2 atom stereocenters. The summed E-state index contributed by atoms with van der Waals surface area (Å²) < 4.78 is 5.90. The van der Waals surface area contributed by atoms with Crippen LogP contribution in [0.25, 0.3) is 0 Å². The van der Waals surface area contributed by atoms with Crippen LogP contribution in [0.2, 0.25) is 0 Å². The van der Waals surface area contributed by atoms with Crippen molar-refractivity contribution in [2.24, 2.45) is 11.7 Å². The molecule has 0 radical (unpaired) electrons. The van der Waals surface area contributed by atoms with E-state index in [0.29, 0.717) is 11.8 Å². The predicted octanol–water partition coefficient (Wildman–Crippen LogP) is 3.84. The maximum atomic E-state index is 5.90. The molecule has 0 bridgehead atoms. The highest BCUT2D eigenvalue weighted by molar-refractivity contribution is 5.42. The van der Waals surface area contributed by atoms with Crippen molar-refractivity contribution in [3.63, 3.8) is 0 Å². The molecule has 0 saturated heterocycles. The highest BCUT2D eigenvalue weighted by atomic mass is 16.5. The SMILES string of the molecule is CC(CN)C1CCCOc2ccc(C(C)(C)C)cc21. The zero-order valence-corrected chi connectivity index (χ0v) is 12.7. The molecule has 2 N–H and O–H groups in total. The number of fused-ring (bicyclic) bond motifs is 1. The third-order valence-electron chi connectivity index (χ3n) is 4.25. The normalized spacial score (nSPS) is 21.2. The maximum Gasteiger partial charge on any atom is 0.122 e. The third kappa shape index (κ3) is 3.11. The van der Waals surface area contributed by atoms with Gasteiger partial charge in [0.1, 0.15) is 5.75 Å². The van der Waals surface area contributed by atoms with Crippen LogP contribution in [0.15, 0.2) is 18.2 Å². The lowest BCUT2D eigenvalue weighted by Gasteiger charge is -2.26. The molecule has 2 unspecified atom stereocenters. The monoisotopic (exact) mass is 261 g/mol. The van der Waals surface area contributed by atoms with Crippen LogP contribution in [0, 0.1) is 5.92 Å². The Hall–Kier alpha value is -1.02. The van der Waals surface area contributed by atoms with Gasteiger partial charge >= 0.3 is 0 Å². The quantitative estimate of drug-likeness (QED) is 0.878. The average molecular weight is 261 g/mol. The minimum atomic E-state index is 0.178. The van der Waals surface area contributed by atoms with Gasteiger partial charge in [0.2, 0.25) is 0 Å². The second kappa shape index (κ2) is 5.54. The van der Waals surface area contributed by atoms with Crippen molar-refractivity contribution < 1.29 is 4.74 Å². The fourth-order valence-corrected chi connectivity index (χ4v) is 2.83. The standard InChI is InChI=1S/C17H27NO/c1-12(11-18)14-6-5-9-19-16-8-7-13(10-15(14)16)17(2,3)4/h7-8,10,12,14H,5-6,9,11,18H2,1-4H3. The van der Waals surface area contributed by atoms with Crippen molar-refractivity contribution in [2.75, 3.05) is 13.2 Å². The van der Waals surface area contributed by atoms with Crippen molar-refractivity contribution in [3.05, 3.63) is 29.3 Å². The number of ether oxygens (including phenoxy) is 1. The van der Waals surface area contributed by atoms with Gasteiger partial charge < -0.3 is 10.5 Å². The Balaban J connectivity index is 2.44. The highest BCUT2D eigenvalue weighted by Gasteiger charge is 2.26.